The molecule has 0 bridgehead atoms. The molecule has 2 aliphatic rings. The molecule has 2 aliphatic heterocycles. The molecule has 4 heterocycles. The summed E-state index contributed by atoms with van der Waals surface area (Å²) >= 11 is 0. The molecule has 0 radical (unpaired) electrons. The number of amides is 1. The molecule has 1 amide bonds. The topological polar surface area (TPSA) is 137 Å². The molecule has 34 heavy (non-hydrogen) atoms. The van der Waals surface area contributed by atoms with Crippen LogP contribution < -0.4 is 16.6 Å². The van der Waals surface area contributed by atoms with Crippen molar-refractivity contribution in [3.8, 4) is 11.4 Å². The van der Waals surface area contributed by atoms with Gasteiger partial charge in [-0.15, -0.1) is 0 Å². The number of nitrogens with zero attached hydrogens (tertiary/aromatic N) is 2. The lowest BCUT2D eigenvalue weighted by molar-refractivity contribution is -0.172. The summed E-state index contributed by atoms with van der Waals surface area (Å²) in [6.45, 7) is 3.14. The summed E-state index contributed by atoms with van der Waals surface area (Å²) in [6, 6.07) is 4.58. The number of benzene rings is 1. The monoisotopic (exact) mass is 466 g/mol. The van der Waals surface area contributed by atoms with Crippen molar-refractivity contribution in [1.82, 2.24) is 14.9 Å². The predicted octanol–water partition coefficient (Wildman–Crippen LogP) is 1.10. The Kier molecular flexibility index (Phi) is 5.03. The number of carbonyl (C=O) groups is 2. The lowest BCUT2D eigenvalue weighted by Crippen LogP contribution is -2.44. The molecule has 0 fully saturated rings. The molecule has 0 spiro atoms. The van der Waals surface area contributed by atoms with Gasteiger partial charge in [0.2, 0.25) is 5.91 Å². The maximum Gasteiger partial charge on any atom is 0.343 e. The minimum absolute atomic E-state index is 0.0284. The molecule has 0 aliphatic carbocycles. The van der Waals surface area contributed by atoms with Gasteiger partial charge in [-0.1, -0.05) is 6.92 Å². The molecule has 176 valence electrons. The van der Waals surface area contributed by atoms with Gasteiger partial charge in [-0.2, -0.15) is 0 Å². The summed E-state index contributed by atoms with van der Waals surface area (Å²) in [6.07, 6.45) is 0.0284. The first kappa shape index (κ1) is 22.2. The van der Waals surface area contributed by atoms with Crippen LogP contribution in [0.5, 0.6) is 0 Å². The minimum Gasteiger partial charge on any atom is -0.458 e. The molecule has 0 saturated carbocycles. The van der Waals surface area contributed by atoms with Crippen LogP contribution in [0.1, 0.15) is 41.2 Å². The van der Waals surface area contributed by atoms with Crippen molar-refractivity contribution in [3.05, 3.63) is 62.2 Å². The van der Waals surface area contributed by atoms with Gasteiger partial charge in [-0.3, -0.25) is 9.59 Å². The fraction of sp³-hybridized carbons (Fsp3) is 0.333. The van der Waals surface area contributed by atoms with Crippen LogP contribution in [0.4, 0.5) is 4.39 Å². The number of nitrogens with two attached hydrogens (primary N) is 1. The van der Waals surface area contributed by atoms with E-state index in [0.717, 1.165) is 0 Å². The van der Waals surface area contributed by atoms with E-state index in [2.05, 4.69) is 10.3 Å². The van der Waals surface area contributed by atoms with Crippen molar-refractivity contribution in [3.63, 3.8) is 0 Å². The number of cyclic esters (lactones) is 1. The lowest BCUT2D eigenvalue weighted by Gasteiger charge is -2.31. The maximum atomic E-state index is 14.4. The highest BCUT2D eigenvalue weighted by Crippen LogP contribution is 2.40. The third-order valence-electron chi connectivity index (χ3n) is 6.73. The Morgan fingerprint density at radius 1 is 1.32 bits per heavy atom. The third kappa shape index (κ3) is 3.06. The number of aliphatic hydroxyl groups is 1. The summed E-state index contributed by atoms with van der Waals surface area (Å²) in [5.74, 6) is -1.59. The highest BCUT2D eigenvalue weighted by Gasteiger charge is 2.45. The first-order valence-electron chi connectivity index (χ1n) is 10.9. The largest absolute Gasteiger partial charge is 0.458 e. The van der Waals surface area contributed by atoms with Crippen molar-refractivity contribution < 1.29 is 23.8 Å². The number of pyridine rings is 2. The van der Waals surface area contributed by atoms with Gasteiger partial charge in [0.25, 0.3) is 5.56 Å². The van der Waals surface area contributed by atoms with Crippen molar-refractivity contribution in [2.75, 3.05) is 6.54 Å². The molecular weight excluding hydrogens is 443 g/mol. The summed E-state index contributed by atoms with van der Waals surface area (Å²) in [4.78, 5) is 42.3. The summed E-state index contributed by atoms with van der Waals surface area (Å²) in [5.41, 5.74) is 6.54. The third-order valence-corrected chi connectivity index (χ3v) is 6.73. The van der Waals surface area contributed by atoms with Crippen LogP contribution in [0.2, 0.25) is 0 Å². The van der Waals surface area contributed by atoms with E-state index >= 15 is 0 Å². The van der Waals surface area contributed by atoms with Gasteiger partial charge in [-0.05, 0) is 36.6 Å². The fourth-order valence-corrected chi connectivity index (χ4v) is 4.75. The smallest absolute Gasteiger partial charge is 0.343 e. The van der Waals surface area contributed by atoms with Gasteiger partial charge >= 0.3 is 5.97 Å². The normalized spacial score (nSPS) is 18.3. The molecule has 1 atom stereocenters. The number of rotatable bonds is 4. The molecular formula is C24H23FN4O5. The van der Waals surface area contributed by atoms with Crippen molar-refractivity contribution in [2.45, 2.75) is 45.6 Å². The Balaban J connectivity index is 1.78. The van der Waals surface area contributed by atoms with E-state index in [9.17, 15) is 23.9 Å². The van der Waals surface area contributed by atoms with E-state index in [4.69, 9.17) is 10.5 Å². The van der Waals surface area contributed by atoms with Crippen molar-refractivity contribution >= 4 is 22.8 Å². The van der Waals surface area contributed by atoms with Gasteiger partial charge in [0.1, 0.15) is 12.4 Å². The van der Waals surface area contributed by atoms with Crippen LogP contribution in [0, 0.1) is 12.7 Å². The van der Waals surface area contributed by atoms with Crippen LogP contribution >= 0.6 is 0 Å². The zero-order chi connectivity index (χ0) is 24.4. The second-order valence-electron chi connectivity index (χ2n) is 8.62. The number of ether oxygens (including phenoxy) is 1. The van der Waals surface area contributed by atoms with Crippen LogP contribution in [0.3, 0.4) is 0 Å². The summed E-state index contributed by atoms with van der Waals surface area (Å²) in [7, 11) is 0. The Labute approximate surface area is 193 Å². The average Bonchev–Trinajstić information content (AvgIpc) is 3.19. The SMILES string of the molecule is CC[C@@]1(O)C(=O)OCc2c1cc1n(c2=O)Cc2c-1nc1cc(F)c(C)cc1c2CNC(=O)CN. The molecule has 9 nitrogen and oxygen atoms in total. The van der Waals surface area contributed by atoms with Crippen molar-refractivity contribution in [2.24, 2.45) is 5.73 Å². The number of nitrogens with one attached hydrogen (secondary N) is 1. The van der Waals surface area contributed by atoms with E-state index in [1.54, 1.807) is 26.0 Å². The Hall–Kier alpha value is -3.63. The number of aromatic nitrogens is 2. The van der Waals surface area contributed by atoms with Crippen LogP contribution in [0.15, 0.2) is 23.0 Å². The van der Waals surface area contributed by atoms with Crippen LogP contribution in [-0.4, -0.2) is 33.1 Å². The zero-order valence-corrected chi connectivity index (χ0v) is 18.7. The number of hydrogen-bond donors (Lipinski definition) is 3. The molecule has 10 heteroatoms. The molecule has 0 unspecified atom stereocenters. The molecule has 5 rings (SSSR count). The number of esters is 1. The Morgan fingerprint density at radius 2 is 2.09 bits per heavy atom. The minimum atomic E-state index is -1.94. The highest BCUT2D eigenvalue weighted by molar-refractivity contribution is 5.90. The number of aryl methyl sites for hydroxylation is 1. The summed E-state index contributed by atoms with van der Waals surface area (Å²) in [5, 5.41) is 14.4. The van der Waals surface area contributed by atoms with Gasteiger partial charge in [0.15, 0.2) is 5.60 Å². The van der Waals surface area contributed by atoms with E-state index in [1.807, 2.05) is 0 Å². The fourth-order valence-electron chi connectivity index (χ4n) is 4.75. The van der Waals surface area contributed by atoms with Gasteiger partial charge in [0.05, 0.1) is 35.6 Å². The number of hydrogen-bond acceptors (Lipinski definition) is 7. The average molecular weight is 466 g/mol. The molecule has 2 aromatic heterocycles. The quantitative estimate of drug-likeness (QED) is 0.383. The molecule has 1 aromatic carbocycles. The number of carbonyl (C=O) groups excluding carboxylic acids is 2. The molecule has 3 aromatic rings. The zero-order valence-electron chi connectivity index (χ0n) is 18.7. The summed E-state index contributed by atoms with van der Waals surface area (Å²) < 4.78 is 21.0. The second kappa shape index (κ2) is 7.71. The standard InChI is InChI=1S/C24H23FN4O5/c1-3-24(33)16-5-19-21-14(9-29(19)22(31)15(16)10-34-23(24)32)13(8-27-20(30)7-26)12-4-11(2)17(25)6-18(12)28-21/h4-6,33H,3,7-10,26H2,1-2H3,(H,27,30)/t24-/m0/s1. The van der Waals surface area contributed by atoms with Crippen LogP contribution in [0.25, 0.3) is 22.3 Å². The molecule has 0 saturated heterocycles. The van der Waals surface area contributed by atoms with E-state index in [-0.39, 0.29) is 49.7 Å². The van der Waals surface area contributed by atoms with Gasteiger partial charge in [0, 0.05) is 29.1 Å². The first-order chi connectivity index (χ1) is 16.2. The highest BCUT2D eigenvalue weighted by atomic mass is 19.1. The van der Waals surface area contributed by atoms with E-state index in [0.29, 0.717) is 39.0 Å². The molecule has 4 N–H and O–H groups in total. The van der Waals surface area contributed by atoms with Gasteiger partial charge in [-0.25, -0.2) is 14.2 Å². The van der Waals surface area contributed by atoms with Crippen molar-refractivity contribution in [1.29, 1.82) is 0 Å². The number of fused-ring (bicyclic) bond motifs is 5. The Morgan fingerprint density at radius 3 is 2.79 bits per heavy atom. The second-order valence-corrected chi connectivity index (χ2v) is 8.62. The lowest BCUT2D eigenvalue weighted by atomic mass is 9.86. The Bertz CT molecular complexity index is 1460. The van der Waals surface area contributed by atoms with Gasteiger partial charge < -0.3 is 25.5 Å². The first-order valence-corrected chi connectivity index (χ1v) is 10.9. The van der Waals surface area contributed by atoms with E-state index in [1.165, 1.54) is 10.6 Å². The predicted molar refractivity (Wildman–Crippen MR) is 120 cm³/mol. The maximum absolute atomic E-state index is 14.4. The van der Waals surface area contributed by atoms with Crippen LogP contribution in [-0.2, 0) is 39.6 Å². The number of halogens is 1. The van der Waals surface area contributed by atoms with E-state index < -0.39 is 22.9 Å².